The first kappa shape index (κ1) is 10.5. The lowest BCUT2D eigenvalue weighted by Gasteiger charge is -2.15. The van der Waals surface area contributed by atoms with E-state index < -0.39 is 0 Å². The highest BCUT2D eigenvalue weighted by Gasteiger charge is 2.26. The van der Waals surface area contributed by atoms with E-state index in [0.717, 1.165) is 31.8 Å². The second-order valence-corrected chi connectivity index (χ2v) is 4.73. The average Bonchev–Trinajstić information content (AvgIpc) is 3.05. The Bertz CT molecular complexity index is 407. The molecule has 1 aromatic rings. The molecule has 1 aliphatic carbocycles. The van der Waals surface area contributed by atoms with E-state index in [4.69, 9.17) is 0 Å². The van der Waals surface area contributed by atoms with Gasteiger partial charge >= 0.3 is 6.03 Å². The molecule has 2 amide bonds. The predicted octanol–water partition coefficient (Wildman–Crippen LogP) is 1.98. The van der Waals surface area contributed by atoms with Crippen molar-refractivity contribution in [3.63, 3.8) is 0 Å². The number of nitrogens with zero attached hydrogens (tertiary/aromatic N) is 3. The number of nitrogens with one attached hydrogen (secondary N) is 1. The summed E-state index contributed by atoms with van der Waals surface area (Å²) in [5.41, 5.74) is 0.686. The van der Waals surface area contributed by atoms with Crippen LogP contribution in [0, 0.1) is 0 Å². The van der Waals surface area contributed by atoms with Gasteiger partial charge in [0.15, 0.2) is 0 Å². The van der Waals surface area contributed by atoms with Crippen molar-refractivity contribution in [1.29, 1.82) is 0 Å². The topological polar surface area (TPSA) is 58.1 Å². The lowest BCUT2D eigenvalue weighted by atomic mass is 10.4. The normalized spacial score (nSPS) is 19.4. The standard InChI is InChI=1S/C12H16N4O/c17-12(16-5-1-2-6-16)15-10-7-13-11(14-8-10)9-3-4-9/h7-9H,1-6H2,(H,15,17). The SMILES string of the molecule is O=C(Nc1cnc(C2CC2)nc1)N1CCCC1. The quantitative estimate of drug-likeness (QED) is 0.848. The number of hydrogen-bond donors (Lipinski definition) is 1. The summed E-state index contributed by atoms with van der Waals surface area (Å²) in [5, 5.41) is 2.83. The van der Waals surface area contributed by atoms with E-state index in [0.29, 0.717) is 11.6 Å². The summed E-state index contributed by atoms with van der Waals surface area (Å²) in [7, 11) is 0. The maximum atomic E-state index is 11.8. The number of anilines is 1. The molecular formula is C12H16N4O. The van der Waals surface area contributed by atoms with Crippen LogP contribution in [0.15, 0.2) is 12.4 Å². The minimum atomic E-state index is -0.0368. The van der Waals surface area contributed by atoms with Crippen LogP contribution in [-0.2, 0) is 0 Å². The molecule has 1 N–H and O–H groups in total. The van der Waals surface area contributed by atoms with E-state index in [1.165, 1.54) is 12.8 Å². The summed E-state index contributed by atoms with van der Waals surface area (Å²) < 4.78 is 0. The van der Waals surface area contributed by atoms with Crippen molar-refractivity contribution < 1.29 is 4.79 Å². The Balaban J connectivity index is 1.61. The minimum absolute atomic E-state index is 0.0368. The first-order valence-electron chi connectivity index (χ1n) is 6.21. The Hall–Kier alpha value is -1.65. The number of hydrogen-bond acceptors (Lipinski definition) is 3. The summed E-state index contributed by atoms with van der Waals surface area (Å²) in [5.74, 6) is 1.46. The molecule has 0 radical (unpaired) electrons. The Kier molecular flexibility index (Phi) is 2.66. The highest BCUT2D eigenvalue weighted by atomic mass is 16.2. The molecule has 2 heterocycles. The van der Waals surface area contributed by atoms with E-state index in [1.54, 1.807) is 12.4 Å². The van der Waals surface area contributed by atoms with Crippen LogP contribution in [0.2, 0.25) is 0 Å². The van der Waals surface area contributed by atoms with E-state index >= 15 is 0 Å². The van der Waals surface area contributed by atoms with E-state index in [1.807, 2.05) is 4.90 Å². The molecular weight excluding hydrogens is 216 g/mol. The molecule has 1 aromatic heterocycles. The van der Waals surface area contributed by atoms with Crippen molar-refractivity contribution in [1.82, 2.24) is 14.9 Å². The molecule has 3 rings (SSSR count). The molecule has 0 atom stereocenters. The van der Waals surface area contributed by atoms with Crippen molar-refractivity contribution in [3.05, 3.63) is 18.2 Å². The van der Waals surface area contributed by atoms with E-state index in [-0.39, 0.29) is 6.03 Å². The maximum Gasteiger partial charge on any atom is 0.321 e. The van der Waals surface area contributed by atoms with Crippen LogP contribution in [0.5, 0.6) is 0 Å². The van der Waals surface area contributed by atoms with Gasteiger partial charge in [-0.3, -0.25) is 0 Å². The first-order valence-corrected chi connectivity index (χ1v) is 6.21. The van der Waals surface area contributed by atoms with E-state index in [9.17, 15) is 4.79 Å². The van der Waals surface area contributed by atoms with Crippen LogP contribution >= 0.6 is 0 Å². The lowest BCUT2D eigenvalue weighted by molar-refractivity contribution is 0.222. The van der Waals surface area contributed by atoms with Gasteiger partial charge in [0.05, 0.1) is 18.1 Å². The molecule has 5 heteroatoms. The summed E-state index contributed by atoms with van der Waals surface area (Å²) in [6.07, 6.45) is 8.00. The first-order chi connectivity index (χ1) is 8.33. The molecule has 0 aromatic carbocycles. The fourth-order valence-corrected chi connectivity index (χ4v) is 2.08. The van der Waals surface area contributed by atoms with E-state index in [2.05, 4.69) is 15.3 Å². The van der Waals surface area contributed by atoms with Crippen LogP contribution in [0.25, 0.3) is 0 Å². The van der Waals surface area contributed by atoms with Crippen LogP contribution in [0.3, 0.4) is 0 Å². The number of rotatable bonds is 2. The maximum absolute atomic E-state index is 11.8. The van der Waals surface area contributed by atoms with Crippen molar-refractivity contribution in [2.24, 2.45) is 0 Å². The Morgan fingerprint density at radius 1 is 1.24 bits per heavy atom. The zero-order valence-corrected chi connectivity index (χ0v) is 9.72. The van der Waals surface area contributed by atoms with Crippen molar-refractivity contribution in [2.75, 3.05) is 18.4 Å². The van der Waals surface area contributed by atoms with Crippen LogP contribution in [0.4, 0.5) is 10.5 Å². The molecule has 2 aliphatic rings. The zero-order valence-electron chi connectivity index (χ0n) is 9.72. The third kappa shape index (κ3) is 2.38. The predicted molar refractivity (Wildman–Crippen MR) is 63.8 cm³/mol. The Morgan fingerprint density at radius 2 is 1.88 bits per heavy atom. The van der Waals surface area contributed by atoms with Gasteiger partial charge in [-0.15, -0.1) is 0 Å². The molecule has 0 unspecified atom stereocenters. The second-order valence-electron chi connectivity index (χ2n) is 4.73. The van der Waals surface area contributed by atoms with Gasteiger partial charge in [0.25, 0.3) is 0 Å². The van der Waals surface area contributed by atoms with Crippen LogP contribution in [-0.4, -0.2) is 34.0 Å². The van der Waals surface area contributed by atoms with Gasteiger partial charge in [-0.2, -0.15) is 0 Å². The fourth-order valence-electron chi connectivity index (χ4n) is 2.08. The van der Waals surface area contributed by atoms with Gasteiger partial charge < -0.3 is 10.2 Å². The third-order valence-electron chi connectivity index (χ3n) is 3.26. The van der Waals surface area contributed by atoms with Crippen LogP contribution < -0.4 is 5.32 Å². The highest BCUT2D eigenvalue weighted by molar-refractivity contribution is 5.89. The monoisotopic (exact) mass is 232 g/mol. The van der Waals surface area contributed by atoms with Gasteiger partial charge in [-0.05, 0) is 25.7 Å². The number of aromatic nitrogens is 2. The fraction of sp³-hybridized carbons (Fsp3) is 0.583. The number of carbonyl (C=O) groups excluding carboxylic acids is 1. The van der Waals surface area contributed by atoms with Gasteiger partial charge in [-0.1, -0.05) is 0 Å². The molecule has 17 heavy (non-hydrogen) atoms. The van der Waals surface area contributed by atoms with Gasteiger partial charge in [-0.25, -0.2) is 14.8 Å². The summed E-state index contributed by atoms with van der Waals surface area (Å²) in [4.78, 5) is 22.2. The zero-order chi connectivity index (χ0) is 11.7. The molecule has 1 aliphatic heterocycles. The lowest BCUT2D eigenvalue weighted by Crippen LogP contribution is -2.32. The van der Waals surface area contributed by atoms with Crippen molar-refractivity contribution in [2.45, 2.75) is 31.6 Å². The molecule has 1 saturated heterocycles. The molecule has 0 spiro atoms. The van der Waals surface area contributed by atoms with Gasteiger partial charge in [0, 0.05) is 19.0 Å². The number of carbonyl (C=O) groups is 1. The molecule has 5 nitrogen and oxygen atoms in total. The van der Waals surface area contributed by atoms with Gasteiger partial charge in [0.2, 0.25) is 0 Å². The van der Waals surface area contributed by atoms with Crippen LogP contribution in [0.1, 0.15) is 37.4 Å². The minimum Gasteiger partial charge on any atom is -0.325 e. The Morgan fingerprint density at radius 3 is 2.47 bits per heavy atom. The van der Waals surface area contributed by atoms with Gasteiger partial charge in [0.1, 0.15) is 5.82 Å². The largest absolute Gasteiger partial charge is 0.325 e. The summed E-state index contributed by atoms with van der Waals surface area (Å²) in [6.45, 7) is 1.71. The number of urea groups is 1. The summed E-state index contributed by atoms with van der Waals surface area (Å²) >= 11 is 0. The second kappa shape index (κ2) is 4.31. The van der Waals surface area contributed by atoms with Crippen molar-refractivity contribution in [3.8, 4) is 0 Å². The Labute approximate surface area is 100 Å². The molecule has 1 saturated carbocycles. The molecule has 90 valence electrons. The third-order valence-corrected chi connectivity index (χ3v) is 3.26. The molecule has 2 fully saturated rings. The molecule has 0 bridgehead atoms. The highest BCUT2D eigenvalue weighted by Crippen LogP contribution is 2.37. The number of amides is 2. The number of likely N-dealkylation sites (tertiary alicyclic amines) is 1. The smallest absolute Gasteiger partial charge is 0.321 e. The summed E-state index contributed by atoms with van der Waals surface area (Å²) in [6, 6.07) is -0.0368. The average molecular weight is 232 g/mol. The van der Waals surface area contributed by atoms with Crippen molar-refractivity contribution >= 4 is 11.7 Å².